The summed E-state index contributed by atoms with van der Waals surface area (Å²) in [5, 5.41) is 6.00. The molecule has 5 heteroatoms. The average molecular weight is 284 g/mol. The molecule has 5 nitrogen and oxygen atoms in total. The van der Waals surface area contributed by atoms with E-state index in [4.69, 9.17) is 0 Å². The van der Waals surface area contributed by atoms with Crippen molar-refractivity contribution in [2.24, 2.45) is 0 Å². The summed E-state index contributed by atoms with van der Waals surface area (Å²) in [6.07, 6.45) is 1.00. The van der Waals surface area contributed by atoms with Gasteiger partial charge in [0.1, 0.15) is 11.6 Å². The zero-order valence-electron chi connectivity index (χ0n) is 12.6. The number of nitrogens with zero attached hydrogens (tertiary/aromatic N) is 2. The number of amides is 1. The molecular weight excluding hydrogens is 264 g/mol. The van der Waals surface area contributed by atoms with E-state index in [0.717, 1.165) is 30.2 Å². The number of aromatic nitrogens is 2. The first-order valence-electron chi connectivity index (χ1n) is 7.06. The van der Waals surface area contributed by atoms with E-state index in [9.17, 15) is 4.79 Å². The van der Waals surface area contributed by atoms with Crippen LogP contribution in [0.5, 0.6) is 0 Å². The third-order valence-electron chi connectivity index (χ3n) is 2.90. The highest BCUT2D eigenvalue weighted by molar-refractivity contribution is 6.04. The average Bonchev–Trinajstić information content (AvgIpc) is 2.44. The lowest BCUT2D eigenvalue weighted by Gasteiger charge is -2.09. The highest BCUT2D eigenvalue weighted by Gasteiger charge is 2.09. The minimum atomic E-state index is -0.182. The number of nitrogens with one attached hydrogen (secondary N) is 2. The van der Waals surface area contributed by atoms with Gasteiger partial charge in [-0.05, 0) is 44.5 Å². The molecule has 0 atom stereocenters. The molecule has 2 heterocycles. The Kier molecular flexibility index (Phi) is 4.87. The van der Waals surface area contributed by atoms with Crippen molar-refractivity contribution in [2.75, 3.05) is 17.2 Å². The molecule has 0 saturated heterocycles. The second-order valence-electron chi connectivity index (χ2n) is 4.93. The fourth-order valence-electron chi connectivity index (χ4n) is 1.94. The molecule has 0 radical (unpaired) electrons. The fourth-order valence-corrected chi connectivity index (χ4v) is 1.94. The molecule has 0 spiro atoms. The molecule has 0 saturated carbocycles. The van der Waals surface area contributed by atoms with Gasteiger partial charge in [-0.3, -0.25) is 4.79 Å². The van der Waals surface area contributed by atoms with Crippen LogP contribution in [-0.4, -0.2) is 22.4 Å². The van der Waals surface area contributed by atoms with Crippen LogP contribution in [0.4, 0.5) is 11.6 Å². The monoisotopic (exact) mass is 284 g/mol. The van der Waals surface area contributed by atoms with Crippen molar-refractivity contribution >= 4 is 17.5 Å². The molecule has 0 aliphatic rings. The Morgan fingerprint density at radius 1 is 1.10 bits per heavy atom. The fraction of sp³-hybridized carbons (Fsp3) is 0.312. The summed E-state index contributed by atoms with van der Waals surface area (Å²) in [6, 6.07) is 9.05. The molecule has 2 aromatic heterocycles. The molecular formula is C16H20N4O. The number of hydrogen-bond acceptors (Lipinski definition) is 4. The molecule has 0 aromatic carbocycles. The maximum absolute atomic E-state index is 12.3. The van der Waals surface area contributed by atoms with Crippen molar-refractivity contribution in [2.45, 2.75) is 27.2 Å². The van der Waals surface area contributed by atoms with E-state index in [2.05, 4.69) is 27.5 Å². The quantitative estimate of drug-likeness (QED) is 0.885. The van der Waals surface area contributed by atoms with Crippen LogP contribution >= 0.6 is 0 Å². The number of hydrogen-bond donors (Lipinski definition) is 2. The molecule has 0 aliphatic carbocycles. The Hall–Kier alpha value is -2.43. The van der Waals surface area contributed by atoms with Gasteiger partial charge in [-0.2, -0.15) is 0 Å². The molecule has 2 N–H and O–H groups in total. The Morgan fingerprint density at radius 2 is 1.86 bits per heavy atom. The summed E-state index contributed by atoms with van der Waals surface area (Å²) in [7, 11) is 0. The minimum absolute atomic E-state index is 0.182. The van der Waals surface area contributed by atoms with E-state index in [-0.39, 0.29) is 5.91 Å². The maximum Gasteiger partial charge on any atom is 0.257 e. The molecule has 1 amide bonds. The summed E-state index contributed by atoms with van der Waals surface area (Å²) >= 11 is 0. The number of aryl methyl sites for hydroxylation is 2. The van der Waals surface area contributed by atoms with Gasteiger partial charge in [0.2, 0.25) is 0 Å². The van der Waals surface area contributed by atoms with Crippen LogP contribution in [-0.2, 0) is 0 Å². The van der Waals surface area contributed by atoms with Crippen LogP contribution in [0.2, 0.25) is 0 Å². The van der Waals surface area contributed by atoms with Gasteiger partial charge >= 0.3 is 0 Å². The number of carbonyl (C=O) groups is 1. The van der Waals surface area contributed by atoms with Crippen LogP contribution < -0.4 is 10.6 Å². The molecule has 2 rings (SSSR count). The SMILES string of the molecule is CCCNc1cc(C(=O)Nc2cccc(C)n2)cc(C)n1. The van der Waals surface area contributed by atoms with Crippen LogP contribution in [0, 0.1) is 13.8 Å². The van der Waals surface area contributed by atoms with Crippen LogP contribution in [0.3, 0.4) is 0 Å². The first kappa shape index (κ1) is 15.0. The zero-order chi connectivity index (χ0) is 15.2. The lowest BCUT2D eigenvalue weighted by Crippen LogP contribution is -2.14. The minimum Gasteiger partial charge on any atom is -0.370 e. The van der Waals surface area contributed by atoms with Crippen molar-refractivity contribution in [3.8, 4) is 0 Å². The normalized spacial score (nSPS) is 10.2. The van der Waals surface area contributed by atoms with E-state index in [1.54, 1.807) is 18.2 Å². The van der Waals surface area contributed by atoms with E-state index >= 15 is 0 Å². The highest BCUT2D eigenvalue weighted by atomic mass is 16.1. The topological polar surface area (TPSA) is 66.9 Å². The predicted molar refractivity (Wildman–Crippen MR) is 84.7 cm³/mol. The first-order valence-corrected chi connectivity index (χ1v) is 7.06. The molecule has 0 unspecified atom stereocenters. The van der Waals surface area contributed by atoms with E-state index in [0.29, 0.717) is 11.4 Å². The van der Waals surface area contributed by atoms with Crippen molar-refractivity contribution < 1.29 is 4.79 Å². The summed E-state index contributed by atoms with van der Waals surface area (Å²) in [5.74, 6) is 1.09. The van der Waals surface area contributed by atoms with Crippen LogP contribution in [0.25, 0.3) is 0 Å². The maximum atomic E-state index is 12.3. The Balaban J connectivity index is 2.16. The zero-order valence-corrected chi connectivity index (χ0v) is 12.6. The van der Waals surface area contributed by atoms with Gasteiger partial charge in [0.25, 0.3) is 5.91 Å². The molecule has 0 fully saturated rings. The number of anilines is 2. The highest BCUT2D eigenvalue weighted by Crippen LogP contribution is 2.13. The van der Waals surface area contributed by atoms with Crippen LogP contribution in [0.1, 0.15) is 35.1 Å². The van der Waals surface area contributed by atoms with Gasteiger partial charge in [-0.1, -0.05) is 13.0 Å². The van der Waals surface area contributed by atoms with Gasteiger partial charge in [0.05, 0.1) is 0 Å². The second-order valence-corrected chi connectivity index (χ2v) is 4.93. The standard InChI is InChI=1S/C16H20N4O/c1-4-8-17-15-10-13(9-12(3)19-15)16(21)20-14-7-5-6-11(2)18-14/h5-7,9-10H,4,8H2,1-3H3,(H,17,19)(H,18,20,21). The predicted octanol–water partition coefficient (Wildman–Crippen LogP) is 3.17. The lowest BCUT2D eigenvalue weighted by atomic mass is 10.2. The van der Waals surface area contributed by atoms with Crippen molar-refractivity contribution in [3.63, 3.8) is 0 Å². The van der Waals surface area contributed by atoms with Gasteiger partial charge in [0.15, 0.2) is 0 Å². The van der Waals surface area contributed by atoms with Gasteiger partial charge < -0.3 is 10.6 Å². The van der Waals surface area contributed by atoms with Gasteiger partial charge in [0, 0.05) is 23.5 Å². The largest absolute Gasteiger partial charge is 0.370 e. The third-order valence-corrected chi connectivity index (χ3v) is 2.90. The van der Waals surface area contributed by atoms with Crippen molar-refractivity contribution in [3.05, 3.63) is 47.3 Å². The molecule has 0 bridgehead atoms. The van der Waals surface area contributed by atoms with Crippen LogP contribution in [0.15, 0.2) is 30.3 Å². The molecule has 0 aliphatic heterocycles. The molecule has 21 heavy (non-hydrogen) atoms. The van der Waals surface area contributed by atoms with Gasteiger partial charge in [-0.15, -0.1) is 0 Å². The van der Waals surface area contributed by atoms with Crippen molar-refractivity contribution in [1.82, 2.24) is 9.97 Å². The smallest absolute Gasteiger partial charge is 0.257 e. The molecule has 110 valence electrons. The van der Waals surface area contributed by atoms with E-state index < -0.39 is 0 Å². The Morgan fingerprint density at radius 3 is 2.57 bits per heavy atom. The Bertz CT molecular complexity index is 640. The Labute approximate surface area is 124 Å². The van der Waals surface area contributed by atoms with Crippen molar-refractivity contribution in [1.29, 1.82) is 0 Å². The second kappa shape index (κ2) is 6.83. The summed E-state index contributed by atoms with van der Waals surface area (Å²) in [5.41, 5.74) is 2.24. The summed E-state index contributed by atoms with van der Waals surface area (Å²) in [6.45, 7) is 6.68. The van der Waals surface area contributed by atoms with Gasteiger partial charge in [-0.25, -0.2) is 9.97 Å². The number of rotatable bonds is 5. The third kappa shape index (κ3) is 4.27. The first-order chi connectivity index (χ1) is 10.1. The number of pyridine rings is 2. The summed E-state index contributed by atoms with van der Waals surface area (Å²) in [4.78, 5) is 20.9. The lowest BCUT2D eigenvalue weighted by molar-refractivity contribution is 0.102. The number of carbonyl (C=O) groups excluding carboxylic acids is 1. The molecule has 2 aromatic rings. The van der Waals surface area contributed by atoms with E-state index in [1.807, 2.05) is 26.0 Å². The summed E-state index contributed by atoms with van der Waals surface area (Å²) < 4.78 is 0. The van der Waals surface area contributed by atoms with E-state index in [1.165, 1.54) is 0 Å².